The Hall–Kier alpha value is -2.89. The van der Waals surface area contributed by atoms with Crippen LogP contribution in [0.4, 0.5) is 0 Å². The Morgan fingerprint density at radius 1 is 1.19 bits per heavy atom. The summed E-state index contributed by atoms with van der Waals surface area (Å²) < 4.78 is 6.58. The van der Waals surface area contributed by atoms with E-state index in [-0.39, 0.29) is 11.8 Å². The Labute approximate surface area is 153 Å². The molecule has 0 aliphatic carbocycles. The van der Waals surface area contributed by atoms with E-state index < -0.39 is 12.0 Å². The fraction of sp³-hybridized carbons (Fsp3) is 0.350. The van der Waals surface area contributed by atoms with Gasteiger partial charge in [-0.25, -0.2) is 9.48 Å². The molecule has 0 fully saturated rings. The smallest absolute Gasteiger partial charge is 0.328 e. The first-order valence-corrected chi connectivity index (χ1v) is 8.53. The Bertz CT molecular complexity index is 807. The van der Waals surface area contributed by atoms with E-state index >= 15 is 0 Å². The van der Waals surface area contributed by atoms with E-state index in [0.29, 0.717) is 0 Å². The fourth-order valence-electron chi connectivity index (χ4n) is 2.70. The van der Waals surface area contributed by atoms with Crippen LogP contribution in [0.1, 0.15) is 30.8 Å². The zero-order valence-electron chi connectivity index (χ0n) is 15.8. The van der Waals surface area contributed by atoms with Gasteiger partial charge >= 0.3 is 5.97 Å². The first-order valence-electron chi connectivity index (χ1n) is 8.53. The van der Waals surface area contributed by atoms with Crippen LogP contribution in [-0.4, -0.2) is 34.8 Å². The molecule has 2 aromatic rings. The predicted octanol–water partition coefficient (Wildman–Crippen LogP) is 2.82. The molecule has 1 aromatic heterocycles. The normalized spacial score (nSPS) is 12.4. The average Bonchev–Trinajstić information content (AvgIpc) is 2.91. The lowest BCUT2D eigenvalue weighted by Crippen LogP contribution is -2.44. The predicted molar refractivity (Wildman–Crippen MR) is 101 cm³/mol. The second-order valence-corrected chi connectivity index (χ2v) is 6.42. The van der Waals surface area contributed by atoms with Crippen molar-refractivity contribution >= 4 is 18.0 Å². The van der Waals surface area contributed by atoms with E-state index in [2.05, 4.69) is 10.4 Å². The van der Waals surface area contributed by atoms with Crippen LogP contribution in [0.25, 0.3) is 11.8 Å². The van der Waals surface area contributed by atoms with E-state index in [1.54, 1.807) is 6.08 Å². The SMILES string of the molecule is COC(=O)[C@@H](NC(=O)/C=C/c1c(C)nn(-c2ccccc2)c1C)C(C)C. The van der Waals surface area contributed by atoms with Crippen molar-refractivity contribution in [2.45, 2.75) is 33.7 Å². The molecular weight excluding hydrogens is 330 g/mol. The van der Waals surface area contributed by atoms with Crippen molar-refractivity contribution in [3.05, 3.63) is 53.4 Å². The summed E-state index contributed by atoms with van der Waals surface area (Å²) in [6.07, 6.45) is 3.14. The van der Waals surface area contributed by atoms with Crippen molar-refractivity contribution in [1.29, 1.82) is 0 Å². The second-order valence-electron chi connectivity index (χ2n) is 6.42. The largest absolute Gasteiger partial charge is 0.467 e. The van der Waals surface area contributed by atoms with Gasteiger partial charge in [0, 0.05) is 17.3 Å². The minimum Gasteiger partial charge on any atom is -0.467 e. The molecule has 0 spiro atoms. The number of ether oxygens (including phenoxy) is 1. The monoisotopic (exact) mass is 355 g/mol. The maximum absolute atomic E-state index is 12.2. The van der Waals surface area contributed by atoms with Crippen LogP contribution in [0.2, 0.25) is 0 Å². The molecular formula is C20H25N3O3. The highest BCUT2D eigenvalue weighted by atomic mass is 16.5. The zero-order valence-corrected chi connectivity index (χ0v) is 15.8. The summed E-state index contributed by atoms with van der Waals surface area (Å²) in [7, 11) is 1.31. The van der Waals surface area contributed by atoms with Crippen LogP contribution < -0.4 is 5.32 Å². The molecule has 1 N–H and O–H groups in total. The van der Waals surface area contributed by atoms with Gasteiger partial charge in [-0.2, -0.15) is 5.10 Å². The summed E-state index contributed by atoms with van der Waals surface area (Å²) in [5.74, 6) is -0.865. The number of nitrogens with zero attached hydrogens (tertiary/aromatic N) is 2. The number of aryl methyl sites for hydroxylation is 1. The van der Waals surface area contributed by atoms with Gasteiger partial charge in [-0.3, -0.25) is 4.79 Å². The number of methoxy groups -OCH3 is 1. The van der Waals surface area contributed by atoms with Gasteiger partial charge in [0.15, 0.2) is 0 Å². The summed E-state index contributed by atoms with van der Waals surface area (Å²) in [6, 6.07) is 9.13. The van der Waals surface area contributed by atoms with Crippen molar-refractivity contribution in [2.75, 3.05) is 7.11 Å². The molecule has 0 saturated carbocycles. The summed E-state index contributed by atoms with van der Waals surface area (Å²) in [6.45, 7) is 7.55. The van der Waals surface area contributed by atoms with Gasteiger partial charge in [0.2, 0.25) is 5.91 Å². The van der Waals surface area contributed by atoms with Crippen molar-refractivity contribution < 1.29 is 14.3 Å². The van der Waals surface area contributed by atoms with Crippen LogP contribution >= 0.6 is 0 Å². The van der Waals surface area contributed by atoms with Gasteiger partial charge in [0.05, 0.1) is 18.5 Å². The van der Waals surface area contributed by atoms with E-state index in [1.165, 1.54) is 13.2 Å². The number of benzene rings is 1. The molecule has 0 radical (unpaired) electrons. The Morgan fingerprint density at radius 2 is 1.85 bits per heavy atom. The number of hydrogen-bond donors (Lipinski definition) is 1. The van der Waals surface area contributed by atoms with Gasteiger partial charge in [-0.15, -0.1) is 0 Å². The minimum atomic E-state index is -0.675. The van der Waals surface area contributed by atoms with E-state index in [4.69, 9.17) is 4.74 Å². The molecule has 26 heavy (non-hydrogen) atoms. The van der Waals surface area contributed by atoms with Crippen molar-refractivity contribution in [3.63, 3.8) is 0 Å². The third kappa shape index (κ3) is 4.39. The van der Waals surface area contributed by atoms with Gasteiger partial charge in [-0.05, 0) is 38.0 Å². The number of esters is 1. The molecule has 0 aliphatic rings. The minimum absolute atomic E-state index is 0.0656. The molecule has 2 rings (SSSR count). The van der Waals surface area contributed by atoms with Gasteiger partial charge in [0.25, 0.3) is 0 Å². The molecule has 1 atom stereocenters. The number of rotatable bonds is 6. The highest BCUT2D eigenvalue weighted by Crippen LogP contribution is 2.19. The first-order chi connectivity index (χ1) is 12.3. The first kappa shape index (κ1) is 19.4. The number of carbonyl (C=O) groups excluding carboxylic acids is 2. The van der Waals surface area contributed by atoms with Crippen molar-refractivity contribution in [2.24, 2.45) is 5.92 Å². The highest BCUT2D eigenvalue weighted by Gasteiger charge is 2.24. The molecule has 138 valence electrons. The lowest BCUT2D eigenvalue weighted by Gasteiger charge is -2.18. The van der Waals surface area contributed by atoms with Gasteiger partial charge in [-0.1, -0.05) is 32.0 Å². The average molecular weight is 355 g/mol. The van der Waals surface area contributed by atoms with Crippen LogP contribution in [0.3, 0.4) is 0 Å². The third-order valence-corrected chi connectivity index (χ3v) is 4.17. The molecule has 0 bridgehead atoms. The van der Waals surface area contributed by atoms with E-state index in [0.717, 1.165) is 22.6 Å². The highest BCUT2D eigenvalue weighted by molar-refractivity contribution is 5.94. The zero-order chi connectivity index (χ0) is 19.3. The molecule has 1 heterocycles. The number of hydrogen-bond acceptors (Lipinski definition) is 4. The Morgan fingerprint density at radius 3 is 2.42 bits per heavy atom. The van der Waals surface area contributed by atoms with Crippen molar-refractivity contribution in [3.8, 4) is 5.69 Å². The summed E-state index contributed by atoms with van der Waals surface area (Å²) in [5, 5.41) is 7.24. The quantitative estimate of drug-likeness (QED) is 0.639. The molecule has 1 amide bonds. The van der Waals surface area contributed by atoms with Gasteiger partial charge < -0.3 is 10.1 Å². The number of nitrogens with one attached hydrogen (secondary N) is 1. The fourth-order valence-corrected chi connectivity index (χ4v) is 2.70. The maximum atomic E-state index is 12.2. The Kier molecular flexibility index (Phi) is 6.33. The number of carbonyl (C=O) groups is 2. The maximum Gasteiger partial charge on any atom is 0.328 e. The van der Waals surface area contributed by atoms with E-state index in [1.807, 2.05) is 62.7 Å². The molecule has 0 aliphatic heterocycles. The summed E-state index contributed by atoms with van der Waals surface area (Å²) in [5.41, 5.74) is 3.60. The molecule has 1 aromatic carbocycles. The lowest BCUT2D eigenvalue weighted by molar-refractivity contribution is -0.145. The van der Waals surface area contributed by atoms with Crippen LogP contribution in [0.5, 0.6) is 0 Å². The topological polar surface area (TPSA) is 73.2 Å². The summed E-state index contributed by atoms with van der Waals surface area (Å²) >= 11 is 0. The molecule has 6 nitrogen and oxygen atoms in total. The van der Waals surface area contributed by atoms with Gasteiger partial charge in [0.1, 0.15) is 6.04 Å². The molecule has 0 unspecified atom stereocenters. The number of aromatic nitrogens is 2. The van der Waals surface area contributed by atoms with Crippen LogP contribution in [0.15, 0.2) is 36.4 Å². The van der Waals surface area contributed by atoms with Crippen molar-refractivity contribution in [1.82, 2.24) is 15.1 Å². The van der Waals surface area contributed by atoms with Crippen LogP contribution in [-0.2, 0) is 14.3 Å². The number of para-hydroxylation sites is 1. The molecule has 0 saturated heterocycles. The Balaban J connectivity index is 2.19. The number of amides is 1. The second kappa shape index (κ2) is 8.47. The molecule has 6 heteroatoms. The van der Waals surface area contributed by atoms with E-state index in [9.17, 15) is 9.59 Å². The lowest BCUT2D eigenvalue weighted by atomic mass is 10.0. The summed E-state index contributed by atoms with van der Waals surface area (Å²) in [4.78, 5) is 24.0. The third-order valence-electron chi connectivity index (χ3n) is 4.17. The van der Waals surface area contributed by atoms with Crippen LogP contribution in [0, 0.1) is 19.8 Å². The standard InChI is InChI=1S/C20H25N3O3/c1-13(2)19(20(25)26-5)21-18(24)12-11-17-14(3)22-23(15(17)4)16-9-7-6-8-10-16/h6-13,19H,1-5H3,(H,21,24)/b12-11+/t19-/m0/s1.